The number of aryl methyl sites for hydroxylation is 1. The highest BCUT2D eigenvalue weighted by atomic mass is 79.9. The molecule has 0 aliphatic heterocycles. The van der Waals surface area contributed by atoms with Gasteiger partial charge in [0.2, 0.25) is 5.89 Å². The van der Waals surface area contributed by atoms with Gasteiger partial charge in [-0.05, 0) is 43.7 Å². The monoisotopic (exact) mass is 324 g/mol. The van der Waals surface area contributed by atoms with Gasteiger partial charge in [-0.2, -0.15) is 0 Å². The molecule has 5 nitrogen and oxygen atoms in total. The number of benzene rings is 1. The fraction of sp³-hybridized carbons (Fsp3) is 0.385. The van der Waals surface area contributed by atoms with Crippen LogP contribution < -0.4 is 10.6 Å². The van der Waals surface area contributed by atoms with Gasteiger partial charge in [0.15, 0.2) is 0 Å². The molecule has 6 heteroatoms. The Hall–Kier alpha value is -1.40. The maximum atomic E-state index is 5.50. The summed E-state index contributed by atoms with van der Waals surface area (Å²) in [6.07, 6.45) is 1.08. The lowest BCUT2D eigenvalue weighted by molar-refractivity contribution is 0.479. The van der Waals surface area contributed by atoms with Crippen LogP contribution in [0, 0.1) is 6.92 Å². The van der Waals surface area contributed by atoms with Gasteiger partial charge in [0, 0.05) is 10.2 Å². The van der Waals surface area contributed by atoms with E-state index in [1.165, 1.54) is 0 Å². The molecule has 102 valence electrons. The summed E-state index contributed by atoms with van der Waals surface area (Å²) in [6.45, 7) is 5.68. The second kappa shape index (κ2) is 6.68. The zero-order valence-corrected chi connectivity index (χ0v) is 12.6. The van der Waals surface area contributed by atoms with E-state index in [1.54, 1.807) is 0 Å². The molecule has 0 radical (unpaired) electrons. The van der Waals surface area contributed by atoms with Crippen molar-refractivity contribution in [3.63, 3.8) is 0 Å². The van der Waals surface area contributed by atoms with Crippen molar-refractivity contribution in [2.75, 3.05) is 11.9 Å². The first-order chi connectivity index (χ1) is 9.17. The van der Waals surface area contributed by atoms with Crippen molar-refractivity contribution < 1.29 is 4.42 Å². The smallest absolute Gasteiger partial charge is 0.320 e. The first-order valence-corrected chi connectivity index (χ1v) is 7.04. The second-order valence-corrected chi connectivity index (χ2v) is 5.24. The van der Waals surface area contributed by atoms with Gasteiger partial charge in [0.25, 0.3) is 0 Å². The first-order valence-electron chi connectivity index (χ1n) is 6.24. The van der Waals surface area contributed by atoms with Gasteiger partial charge in [-0.15, -0.1) is 5.10 Å². The van der Waals surface area contributed by atoms with E-state index in [-0.39, 0.29) is 0 Å². The fourth-order valence-corrected chi connectivity index (χ4v) is 2.29. The predicted octanol–water partition coefficient (Wildman–Crippen LogP) is 3.38. The van der Waals surface area contributed by atoms with E-state index in [0.717, 1.165) is 28.7 Å². The highest BCUT2D eigenvalue weighted by Crippen LogP contribution is 2.22. The molecule has 0 amide bonds. The zero-order chi connectivity index (χ0) is 13.7. The van der Waals surface area contributed by atoms with Crippen LogP contribution in [0.5, 0.6) is 0 Å². The minimum Gasteiger partial charge on any atom is -0.406 e. The number of hydrogen-bond donors (Lipinski definition) is 2. The highest BCUT2D eigenvalue weighted by molar-refractivity contribution is 9.10. The van der Waals surface area contributed by atoms with E-state index in [9.17, 15) is 0 Å². The fourth-order valence-electron chi connectivity index (χ4n) is 1.68. The van der Waals surface area contributed by atoms with Crippen molar-refractivity contribution in [2.45, 2.75) is 26.8 Å². The van der Waals surface area contributed by atoms with Crippen molar-refractivity contribution in [3.05, 3.63) is 34.1 Å². The van der Waals surface area contributed by atoms with Gasteiger partial charge in [0.05, 0.1) is 6.54 Å². The largest absolute Gasteiger partial charge is 0.406 e. The van der Waals surface area contributed by atoms with E-state index in [4.69, 9.17) is 4.42 Å². The lowest BCUT2D eigenvalue weighted by atomic mass is 10.2. The molecule has 1 aromatic heterocycles. The second-order valence-electron chi connectivity index (χ2n) is 4.32. The van der Waals surface area contributed by atoms with Crippen LogP contribution in [0.2, 0.25) is 0 Å². The zero-order valence-electron chi connectivity index (χ0n) is 11.0. The Morgan fingerprint density at radius 2 is 2.11 bits per heavy atom. The Morgan fingerprint density at radius 1 is 1.26 bits per heavy atom. The lowest BCUT2D eigenvalue weighted by Crippen LogP contribution is -2.13. The highest BCUT2D eigenvalue weighted by Gasteiger charge is 2.06. The van der Waals surface area contributed by atoms with E-state index in [0.29, 0.717) is 18.5 Å². The molecule has 0 saturated heterocycles. The van der Waals surface area contributed by atoms with Gasteiger partial charge in [0.1, 0.15) is 0 Å². The molecule has 0 aliphatic carbocycles. The predicted molar refractivity (Wildman–Crippen MR) is 78.5 cm³/mol. The minimum atomic E-state index is 0.408. The van der Waals surface area contributed by atoms with Crippen LogP contribution >= 0.6 is 15.9 Å². The van der Waals surface area contributed by atoms with Crippen LogP contribution in [0.3, 0.4) is 0 Å². The number of nitrogens with one attached hydrogen (secondary N) is 2. The Balaban J connectivity index is 1.99. The standard InChI is InChI=1S/C13H17BrN4O/c1-3-4-15-8-12-17-18-13(19-12)16-11-6-9(2)5-10(14)7-11/h5-7,15H,3-4,8H2,1-2H3,(H,16,18). The molecule has 2 N–H and O–H groups in total. The number of rotatable bonds is 6. The molecule has 1 aromatic carbocycles. The summed E-state index contributed by atoms with van der Waals surface area (Å²) >= 11 is 3.46. The van der Waals surface area contributed by atoms with Crippen LogP contribution in [-0.2, 0) is 6.54 Å². The molecule has 2 rings (SSSR count). The van der Waals surface area contributed by atoms with Crippen molar-refractivity contribution in [1.29, 1.82) is 0 Å². The van der Waals surface area contributed by atoms with Crippen molar-refractivity contribution in [1.82, 2.24) is 15.5 Å². The average Bonchev–Trinajstić information content (AvgIpc) is 2.76. The van der Waals surface area contributed by atoms with Crippen molar-refractivity contribution in [2.24, 2.45) is 0 Å². The molecule has 0 spiro atoms. The summed E-state index contributed by atoms with van der Waals surface area (Å²) in [5, 5.41) is 14.3. The summed E-state index contributed by atoms with van der Waals surface area (Å²) in [4.78, 5) is 0. The molecule has 0 saturated carbocycles. The third-order valence-corrected chi connectivity index (χ3v) is 2.92. The van der Waals surface area contributed by atoms with E-state index >= 15 is 0 Å². The molecule has 1 heterocycles. The number of hydrogen-bond acceptors (Lipinski definition) is 5. The van der Waals surface area contributed by atoms with E-state index in [1.807, 2.05) is 25.1 Å². The van der Waals surface area contributed by atoms with E-state index in [2.05, 4.69) is 43.7 Å². The SMILES string of the molecule is CCCNCc1nnc(Nc2cc(C)cc(Br)c2)o1. The van der Waals surface area contributed by atoms with Gasteiger partial charge in [-0.3, -0.25) is 0 Å². The van der Waals surface area contributed by atoms with E-state index < -0.39 is 0 Å². The molecule has 0 unspecified atom stereocenters. The van der Waals surface area contributed by atoms with Crippen LogP contribution in [0.4, 0.5) is 11.7 Å². The average molecular weight is 325 g/mol. The van der Waals surface area contributed by atoms with Crippen LogP contribution in [0.15, 0.2) is 27.1 Å². The maximum Gasteiger partial charge on any atom is 0.320 e. The Kier molecular flexibility index (Phi) is 4.93. The normalized spacial score (nSPS) is 10.7. The topological polar surface area (TPSA) is 63.0 Å². The molecule has 0 atom stereocenters. The summed E-state index contributed by atoms with van der Waals surface area (Å²) in [5.74, 6) is 0.586. The lowest BCUT2D eigenvalue weighted by Gasteiger charge is -2.03. The minimum absolute atomic E-state index is 0.408. The molecule has 0 aliphatic rings. The van der Waals surface area contributed by atoms with Crippen LogP contribution in [0.1, 0.15) is 24.8 Å². The third kappa shape index (κ3) is 4.33. The summed E-state index contributed by atoms with van der Waals surface area (Å²) in [7, 11) is 0. The molecule has 0 bridgehead atoms. The molecular weight excluding hydrogens is 308 g/mol. The van der Waals surface area contributed by atoms with Crippen molar-refractivity contribution >= 4 is 27.6 Å². The first kappa shape index (κ1) is 14.0. The number of aromatic nitrogens is 2. The Labute approximate surface area is 120 Å². The third-order valence-electron chi connectivity index (χ3n) is 2.46. The number of nitrogens with zero attached hydrogens (tertiary/aromatic N) is 2. The van der Waals surface area contributed by atoms with Crippen molar-refractivity contribution in [3.8, 4) is 0 Å². The summed E-state index contributed by atoms with van der Waals surface area (Å²) < 4.78 is 6.52. The Bertz CT molecular complexity index is 521. The van der Waals surface area contributed by atoms with Gasteiger partial charge >= 0.3 is 6.01 Å². The molecular formula is C13H17BrN4O. The summed E-state index contributed by atoms with van der Waals surface area (Å²) in [5.41, 5.74) is 2.07. The molecule has 2 aromatic rings. The molecule has 0 fully saturated rings. The van der Waals surface area contributed by atoms with Crippen LogP contribution in [0.25, 0.3) is 0 Å². The summed E-state index contributed by atoms with van der Waals surface area (Å²) in [6, 6.07) is 6.43. The maximum absolute atomic E-state index is 5.50. The number of anilines is 2. The van der Waals surface area contributed by atoms with Gasteiger partial charge in [-0.25, -0.2) is 0 Å². The Morgan fingerprint density at radius 3 is 2.84 bits per heavy atom. The number of halogens is 1. The van der Waals surface area contributed by atoms with Gasteiger partial charge < -0.3 is 15.1 Å². The molecule has 19 heavy (non-hydrogen) atoms. The van der Waals surface area contributed by atoms with Gasteiger partial charge in [-0.1, -0.05) is 28.0 Å². The quantitative estimate of drug-likeness (QED) is 0.797. The van der Waals surface area contributed by atoms with Crippen LogP contribution in [-0.4, -0.2) is 16.7 Å².